The Morgan fingerprint density at radius 1 is 1.27 bits per heavy atom. The molecule has 1 atom stereocenters. The number of aliphatic hydroxyl groups is 1. The molecule has 0 saturated heterocycles. The number of anilines is 1. The van der Waals surface area contributed by atoms with Crippen LogP contribution >= 0.6 is 0 Å². The Kier molecular flexibility index (Phi) is 5.28. The van der Waals surface area contributed by atoms with Crippen molar-refractivity contribution >= 4 is 11.6 Å². The number of aromatic nitrogens is 3. The number of nitrogens with zero attached hydrogens (tertiary/aromatic N) is 3. The Morgan fingerprint density at radius 2 is 2.04 bits per heavy atom. The number of aryl methyl sites for hydroxylation is 1. The van der Waals surface area contributed by atoms with Crippen molar-refractivity contribution in [1.29, 1.82) is 0 Å². The number of methoxy groups -OCH3 is 1. The van der Waals surface area contributed by atoms with Crippen LogP contribution in [0.25, 0.3) is 0 Å². The van der Waals surface area contributed by atoms with E-state index in [2.05, 4.69) is 15.4 Å². The lowest BCUT2D eigenvalue weighted by atomic mass is 10.1. The van der Waals surface area contributed by atoms with Crippen LogP contribution in [0, 0.1) is 6.92 Å². The summed E-state index contributed by atoms with van der Waals surface area (Å²) in [6.07, 6.45) is 0.660. The largest absolute Gasteiger partial charge is 0.497 e. The van der Waals surface area contributed by atoms with Crippen molar-refractivity contribution in [3.8, 4) is 5.75 Å². The van der Waals surface area contributed by atoms with E-state index in [4.69, 9.17) is 4.74 Å². The van der Waals surface area contributed by atoms with Crippen LogP contribution in [0.2, 0.25) is 0 Å². The monoisotopic (exact) mass is 352 g/mol. The van der Waals surface area contributed by atoms with Gasteiger partial charge in [-0.05, 0) is 42.3 Å². The molecule has 0 aliphatic rings. The van der Waals surface area contributed by atoms with Crippen LogP contribution in [-0.2, 0) is 6.54 Å². The summed E-state index contributed by atoms with van der Waals surface area (Å²) in [6.45, 7) is 2.14. The predicted molar refractivity (Wildman–Crippen MR) is 97.1 cm³/mol. The van der Waals surface area contributed by atoms with Gasteiger partial charge in [0.15, 0.2) is 0 Å². The summed E-state index contributed by atoms with van der Waals surface area (Å²) in [7, 11) is 1.59. The van der Waals surface area contributed by atoms with E-state index in [9.17, 15) is 9.90 Å². The summed E-state index contributed by atoms with van der Waals surface area (Å²) in [5, 5.41) is 17.2. The van der Waals surface area contributed by atoms with Crippen LogP contribution in [0.4, 0.5) is 5.69 Å². The minimum Gasteiger partial charge on any atom is -0.497 e. The zero-order valence-electron chi connectivity index (χ0n) is 14.6. The number of carbonyl (C=O) groups excluding carboxylic acids is 1. The van der Waals surface area contributed by atoms with Gasteiger partial charge >= 0.3 is 0 Å². The first-order valence-electron chi connectivity index (χ1n) is 8.14. The summed E-state index contributed by atoms with van der Waals surface area (Å²) >= 11 is 0. The standard InChI is InChI=1S/C19H20N4O3/c1-13-4-3-5-15(10-13)21-19(25)18-20-12-23(22-18)11-17(24)14-6-8-16(26-2)9-7-14/h3-10,12,17,24H,11H2,1-2H3,(H,21,25). The van der Waals surface area contributed by atoms with Gasteiger partial charge in [-0.3, -0.25) is 4.79 Å². The molecule has 1 heterocycles. The zero-order chi connectivity index (χ0) is 18.5. The first-order valence-corrected chi connectivity index (χ1v) is 8.14. The molecule has 0 aliphatic heterocycles. The Balaban J connectivity index is 1.64. The molecule has 3 aromatic rings. The van der Waals surface area contributed by atoms with Crippen molar-refractivity contribution < 1.29 is 14.6 Å². The maximum atomic E-state index is 12.2. The molecule has 2 N–H and O–H groups in total. The average molecular weight is 352 g/mol. The highest BCUT2D eigenvalue weighted by atomic mass is 16.5. The number of hydrogen-bond acceptors (Lipinski definition) is 5. The van der Waals surface area contributed by atoms with Crippen LogP contribution < -0.4 is 10.1 Å². The fourth-order valence-electron chi connectivity index (χ4n) is 2.51. The van der Waals surface area contributed by atoms with E-state index >= 15 is 0 Å². The van der Waals surface area contributed by atoms with Gasteiger partial charge in [-0.15, -0.1) is 5.10 Å². The minimum atomic E-state index is -0.768. The third-order valence-electron chi connectivity index (χ3n) is 3.88. The lowest BCUT2D eigenvalue weighted by Crippen LogP contribution is -2.15. The van der Waals surface area contributed by atoms with Crippen molar-refractivity contribution in [2.45, 2.75) is 19.6 Å². The summed E-state index contributed by atoms with van der Waals surface area (Å²) in [6, 6.07) is 14.6. The fraction of sp³-hybridized carbons (Fsp3) is 0.211. The quantitative estimate of drug-likeness (QED) is 0.712. The van der Waals surface area contributed by atoms with Gasteiger partial charge in [-0.2, -0.15) is 0 Å². The van der Waals surface area contributed by atoms with Gasteiger partial charge in [-0.25, -0.2) is 9.67 Å². The molecule has 1 amide bonds. The number of carbonyl (C=O) groups is 1. The second-order valence-electron chi connectivity index (χ2n) is 5.90. The number of benzene rings is 2. The molecular formula is C19H20N4O3. The molecule has 0 aliphatic carbocycles. The van der Waals surface area contributed by atoms with Gasteiger partial charge in [0.1, 0.15) is 12.1 Å². The van der Waals surface area contributed by atoms with Gasteiger partial charge in [0.2, 0.25) is 5.82 Å². The van der Waals surface area contributed by atoms with Crippen LogP contribution in [0.15, 0.2) is 54.9 Å². The zero-order valence-corrected chi connectivity index (χ0v) is 14.6. The summed E-state index contributed by atoms with van der Waals surface area (Å²) in [4.78, 5) is 16.3. The molecule has 3 rings (SSSR count). The number of ether oxygens (including phenoxy) is 1. The smallest absolute Gasteiger partial charge is 0.295 e. The Morgan fingerprint density at radius 3 is 2.73 bits per heavy atom. The summed E-state index contributed by atoms with van der Waals surface area (Å²) < 4.78 is 6.54. The van der Waals surface area contributed by atoms with Crippen molar-refractivity contribution in [3.05, 3.63) is 71.8 Å². The van der Waals surface area contributed by atoms with Crippen molar-refractivity contribution in [2.75, 3.05) is 12.4 Å². The summed E-state index contributed by atoms with van der Waals surface area (Å²) in [5.41, 5.74) is 2.46. The maximum absolute atomic E-state index is 12.2. The normalized spacial score (nSPS) is 11.8. The molecule has 0 spiro atoms. The van der Waals surface area contributed by atoms with Crippen molar-refractivity contribution in [1.82, 2.24) is 14.8 Å². The van der Waals surface area contributed by atoms with Crippen molar-refractivity contribution in [2.24, 2.45) is 0 Å². The lowest BCUT2D eigenvalue weighted by Gasteiger charge is -2.11. The lowest BCUT2D eigenvalue weighted by molar-refractivity contribution is 0.101. The van der Waals surface area contributed by atoms with E-state index in [-0.39, 0.29) is 12.4 Å². The molecule has 0 bridgehead atoms. The third-order valence-corrected chi connectivity index (χ3v) is 3.88. The number of rotatable bonds is 6. The number of aliphatic hydroxyl groups excluding tert-OH is 1. The summed E-state index contributed by atoms with van der Waals surface area (Å²) in [5.74, 6) is 0.374. The molecule has 26 heavy (non-hydrogen) atoms. The van der Waals surface area contributed by atoms with E-state index in [1.165, 1.54) is 11.0 Å². The second-order valence-corrected chi connectivity index (χ2v) is 5.90. The average Bonchev–Trinajstić information content (AvgIpc) is 3.10. The van der Waals surface area contributed by atoms with Crippen LogP contribution in [-0.4, -0.2) is 32.9 Å². The van der Waals surface area contributed by atoms with Gasteiger partial charge in [0.05, 0.1) is 19.8 Å². The van der Waals surface area contributed by atoms with Gasteiger partial charge in [0, 0.05) is 5.69 Å². The maximum Gasteiger partial charge on any atom is 0.295 e. The van der Waals surface area contributed by atoms with Gasteiger partial charge in [0.25, 0.3) is 5.91 Å². The molecule has 0 fully saturated rings. The topological polar surface area (TPSA) is 89.3 Å². The van der Waals surface area contributed by atoms with Crippen LogP contribution in [0.1, 0.15) is 27.8 Å². The Hall–Kier alpha value is -3.19. The predicted octanol–water partition coefficient (Wildman–Crippen LogP) is 2.58. The molecule has 2 aromatic carbocycles. The second kappa shape index (κ2) is 7.79. The molecule has 7 nitrogen and oxygen atoms in total. The van der Waals surface area contributed by atoms with Crippen LogP contribution in [0.3, 0.4) is 0 Å². The number of nitrogens with one attached hydrogen (secondary N) is 1. The van der Waals surface area contributed by atoms with E-state index in [0.717, 1.165) is 16.9 Å². The molecule has 0 radical (unpaired) electrons. The molecule has 1 aromatic heterocycles. The van der Waals surface area contributed by atoms with E-state index in [1.54, 1.807) is 37.4 Å². The van der Waals surface area contributed by atoms with E-state index in [0.29, 0.717) is 5.69 Å². The first-order chi connectivity index (χ1) is 12.5. The third kappa shape index (κ3) is 4.25. The van der Waals surface area contributed by atoms with Gasteiger partial charge in [-0.1, -0.05) is 24.3 Å². The highest BCUT2D eigenvalue weighted by molar-refractivity contribution is 6.01. The van der Waals surface area contributed by atoms with E-state index in [1.807, 2.05) is 25.1 Å². The van der Waals surface area contributed by atoms with Gasteiger partial charge < -0.3 is 15.2 Å². The highest BCUT2D eigenvalue weighted by Gasteiger charge is 2.14. The number of amides is 1. The first kappa shape index (κ1) is 17.6. The molecular weight excluding hydrogens is 332 g/mol. The van der Waals surface area contributed by atoms with Crippen LogP contribution in [0.5, 0.6) is 5.75 Å². The molecule has 134 valence electrons. The number of hydrogen-bond donors (Lipinski definition) is 2. The SMILES string of the molecule is COc1ccc(C(O)Cn2cnc(C(=O)Nc3cccc(C)c3)n2)cc1. The van der Waals surface area contributed by atoms with Crippen molar-refractivity contribution in [3.63, 3.8) is 0 Å². The molecule has 7 heteroatoms. The van der Waals surface area contributed by atoms with E-state index < -0.39 is 12.0 Å². The molecule has 1 unspecified atom stereocenters. The minimum absolute atomic E-state index is 0.0495. The Bertz CT molecular complexity index is 890. The highest BCUT2D eigenvalue weighted by Crippen LogP contribution is 2.18. The fourth-order valence-corrected chi connectivity index (χ4v) is 2.51. The Labute approximate surface area is 151 Å². The molecule has 0 saturated carbocycles.